The smallest absolute Gasteiger partial charge is 0.336 e. The third-order valence-electron chi connectivity index (χ3n) is 3.02. The molecule has 0 radical (unpaired) electrons. The van der Waals surface area contributed by atoms with Crippen molar-refractivity contribution in [2.75, 3.05) is 11.1 Å². The van der Waals surface area contributed by atoms with Gasteiger partial charge in [0.1, 0.15) is 0 Å². The number of hydrogen-bond donors (Lipinski definition) is 3. The lowest BCUT2D eigenvalue weighted by molar-refractivity contribution is -0.114. The van der Waals surface area contributed by atoms with E-state index in [2.05, 4.69) is 5.32 Å². The minimum absolute atomic E-state index is 0.0432. The van der Waals surface area contributed by atoms with E-state index < -0.39 is 11.8 Å². The highest BCUT2D eigenvalue weighted by molar-refractivity contribution is 6.17. The first-order valence-corrected chi connectivity index (χ1v) is 6.44. The molecule has 1 amide bonds. The first-order valence-electron chi connectivity index (χ1n) is 6.44. The summed E-state index contributed by atoms with van der Waals surface area (Å²) in [5, 5.41) is 11.7. The number of nitrogens with one attached hydrogen (secondary N) is 1. The van der Waals surface area contributed by atoms with Crippen molar-refractivity contribution >= 4 is 29.0 Å². The van der Waals surface area contributed by atoms with Crippen LogP contribution >= 0.6 is 0 Å². The van der Waals surface area contributed by atoms with Gasteiger partial charge in [-0.1, -0.05) is 18.2 Å². The van der Waals surface area contributed by atoms with E-state index in [1.807, 2.05) is 0 Å². The minimum atomic E-state index is -1.19. The lowest BCUT2D eigenvalue weighted by Gasteiger charge is -2.10. The van der Waals surface area contributed by atoms with Crippen LogP contribution in [-0.2, 0) is 4.79 Å². The van der Waals surface area contributed by atoms with Crippen LogP contribution in [0.15, 0.2) is 42.5 Å². The van der Waals surface area contributed by atoms with Crippen LogP contribution in [0, 0.1) is 0 Å². The Hall–Kier alpha value is -3.15. The molecule has 4 N–H and O–H groups in total. The van der Waals surface area contributed by atoms with Crippen LogP contribution in [0.3, 0.4) is 0 Å². The normalized spacial score (nSPS) is 10.0. The molecule has 0 aliphatic heterocycles. The van der Waals surface area contributed by atoms with Gasteiger partial charge in [-0.05, 0) is 24.3 Å². The second kappa shape index (κ2) is 6.09. The number of carbonyl (C=O) groups is 3. The number of benzene rings is 2. The Morgan fingerprint density at radius 1 is 1.00 bits per heavy atom. The Bertz CT molecular complexity index is 768. The molecule has 0 aliphatic carbocycles. The molecule has 0 heterocycles. The molecule has 0 spiro atoms. The third-order valence-corrected chi connectivity index (χ3v) is 3.02. The molecule has 0 saturated heterocycles. The second-order valence-corrected chi connectivity index (χ2v) is 4.66. The Kier molecular flexibility index (Phi) is 4.22. The van der Waals surface area contributed by atoms with Crippen molar-refractivity contribution in [3.05, 3.63) is 59.2 Å². The number of amides is 1. The molecule has 0 bridgehead atoms. The molecule has 2 rings (SSSR count). The number of carbonyl (C=O) groups excluding carboxylic acids is 2. The van der Waals surface area contributed by atoms with Crippen LogP contribution in [0.2, 0.25) is 0 Å². The molecule has 0 atom stereocenters. The van der Waals surface area contributed by atoms with Crippen LogP contribution < -0.4 is 11.1 Å². The van der Waals surface area contributed by atoms with Crippen LogP contribution in [0.25, 0.3) is 0 Å². The molecular formula is C16H14N2O4. The summed E-state index contributed by atoms with van der Waals surface area (Å²) in [6.45, 7) is 1.34. The van der Waals surface area contributed by atoms with Gasteiger partial charge in [0.25, 0.3) is 0 Å². The van der Waals surface area contributed by atoms with Gasteiger partial charge in [0.05, 0.1) is 5.56 Å². The van der Waals surface area contributed by atoms with Gasteiger partial charge in [-0.25, -0.2) is 4.79 Å². The number of aromatic carboxylic acids is 1. The van der Waals surface area contributed by atoms with E-state index in [1.54, 1.807) is 12.1 Å². The first kappa shape index (κ1) is 15.2. The Morgan fingerprint density at radius 3 is 2.23 bits per heavy atom. The SMILES string of the molecule is CC(=O)Nc1ccc(N)c(C(=O)c2ccccc2C(=O)O)c1. The number of hydrogen-bond acceptors (Lipinski definition) is 4. The van der Waals surface area contributed by atoms with Crippen LogP contribution in [0.5, 0.6) is 0 Å². The Morgan fingerprint density at radius 2 is 1.64 bits per heavy atom. The Labute approximate surface area is 126 Å². The molecule has 0 saturated carbocycles. The van der Waals surface area contributed by atoms with Crippen molar-refractivity contribution in [2.24, 2.45) is 0 Å². The zero-order valence-corrected chi connectivity index (χ0v) is 11.8. The molecule has 2 aromatic carbocycles. The van der Waals surface area contributed by atoms with Crippen LogP contribution in [-0.4, -0.2) is 22.8 Å². The van der Waals surface area contributed by atoms with Gasteiger partial charge in [-0.2, -0.15) is 0 Å². The number of nitrogen functional groups attached to an aromatic ring is 1. The number of ketones is 1. The molecule has 0 aromatic heterocycles. The van der Waals surface area contributed by atoms with Crippen molar-refractivity contribution in [3.63, 3.8) is 0 Å². The van der Waals surface area contributed by atoms with Gasteiger partial charge in [0.15, 0.2) is 5.78 Å². The van der Waals surface area contributed by atoms with Gasteiger partial charge in [0, 0.05) is 29.4 Å². The minimum Gasteiger partial charge on any atom is -0.478 e. The topological polar surface area (TPSA) is 109 Å². The zero-order valence-electron chi connectivity index (χ0n) is 11.8. The first-order chi connectivity index (χ1) is 10.4. The molecular weight excluding hydrogens is 284 g/mol. The molecule has 0 aliphatic rings. The lowest BCUT2D eigenvalue weighted by atomic mass is 9.97. The molecule has 0 unspecified atom stereocenters. The summed E-state index contributed by atoms with van der Waals surface area (Å²) in [5.74, 6) is -1.99. The largest absolute Gasteiger partial charge is 0.478 e. The fourth-order valence-corrected chi connectivity index (χ4v) is 2.05. The lowest BCUT2D eigenvalue weighted by Crippen LogP contribution is -2.12. The van der Waals surface area contributed by atoms with E-state index in [-0.39, 0.29) is 28.3 Å². The summed E-state index contributed by atoms with van der Waals surface area (Å²) in [6, 6.07) is 10.4. The number of nitrogens with two attached hydrogens (primary N) is 1. The fraction of sp³-hybridized carbons (Fsp3) is 0.0625. The standard InChI is InChI=1S/C16H14N2O4/c1-9(19)18-10-6-7-14(17)13(8-10)15(20)11-4-2-3-5-12(11)16(21)22/h2-8H,17H2,1H3,(H,18,19)(H,21,22). The van der Waals surface area contributed by atoms with E-state index >= 15 is 0 Å². The van der Waals surface area contributed by atoms with Crippen molar-refractivity contribution in [2.45, 2.75) is 6.92 Å². The average Bonchev–Trinajstić information content (AvgIpc) is 2.48. The van der Waals surface area contributed by atoms with Crippen molar-refractivity contribution in [1.29, 1.82) is 0 Å². The van der Waals surface area contributed by atoms with Crippen molar-refractivity contribution < 1.29 is 19.5 Å². The molecule has 6 heteroatoms. The summed E-state index contributed by atoms with van der Waals surface area (Å²) >= 11 is 0. The van der Waals surface area contributed by atoms with E-state index in [0.29, 0.717) is 5.69 Å². The van der Waals surface area contributed by atoms with Gasteiger partial charge < -0.3 is 16.2 Å². The summed E-state index contributed by atoms with van der Waals surface area (Å²) < 4.78 is 0. The maximum Gasteiger partial charge on any atom is 0.336 e. The van der Waals surface area contributed by atoms with Gasteiger partial charge in [-0.15, -0.1) is 0 Å². The third kappa shape index (κ3) is 3.12. The van der Waals surface area contributed by atoms with Gasteiger partial charge in [-0.3, -0.25) is 9.59 Å². The molecule has 0 fully saturated rings. The second-order valence-electron chi connectivity index (χ2n) is 4.66. The molecule has 22 heavy (non-hydrogen) atoms. The van der Waals surface area contributed by atoms with Gasteiger partial charge >= 0.3 is 5.97 Å². The highest BCUT2D eigenvalue weighted by Crippen LogP contribution is 2.23. The highest BCUT2D eigenvalue weighted by atomic mass is 16.4. The summed E-state index contributed by atoms with van der Waals surface area (Å²) in [7, 11) is 0. The molecule has 6 nitrogen and oxygen atoms in total. The fourth-order valence-electron chi connectivity index (χ4n) is 2.05. The predicted molar refractivity (Wildman–Crippen MR) is 82.0 cm³/mol. The van der Waals surface area contributed by atoms with E-state index in [1.165, 1.54) is 37.3 Å². The summed E-state index contributed by atoms with van der Waals surface area (Å²) in [6.07, 6.45) is 0. The van der Waals surface area contributed by atoms with E-state index in [4.69, 9.17) is 10.8 Å². The van der Waals surface area contributed by atoms with Gasteiger partial charge in [0.2, 0.25) is 5.91 Å². The predicted octanol–water partition coefficient (Wildman–Crippen LogP) is 2.16. The number of carboxylic acids is 1. The monoisotopic (exact) mass is 298 g/mol. The molecule has 2 aromatic rings. The maximum absolute atomic E-state index is 12.6. The maximum atomic E-state index is 12.6. The highest BCUT2D eigenvalue weighted by Gasteiger charge is 2.19. The zero-order chi connectivity index (χ0) is 16.3. The van der Waals surface area contributed by atoms with Crippen LogP contribution in [0.1, 0.15) is 33.2 Å². The number of rotatable bonds is 4. The summed E-state index contributed by atoms with van der Waals surface area (Å²) in [5.41, 5.74) is 6.51. The number of carboxylic acid groups (broad SMARTS) is 1. The van der Waals surface area contributed by atoms with E-state index in [0.717, 1.165) is 0 Å². The summed E-state index contributed by atoms with van der Waals surface area (Å²) in [4.78, 5) is 34.9. The number of anilines is 2. The van der Waals surface area contributed by atoms with Crippen molar-refractivity contribution in [1.82, 2.24) is 0 Å². The van der Waals surface area contributed by atoms with Crippen LogP contribution in [0.4, 0.5) is 11.4 Å². The Balaban J connectivity index is 2.50. The average molecular weight is 298 g/mol. The van der Waals surface area contributed by atoms with E-state index in [9.17, 15) is 14.4 Å². The quantitative estimate of drug-likeness (QED) is 0.592. The van der Waals surface area contributed by atoms with Crippen molar-refractivity contribution in [3.8, 4) is 0 Å². The molecule has 112 valence electrons.